The highest BCUT2D eigenvalue weighted by atomic mass is 31.2. The summed E-state index contributed by atoms with van der Waals surface area (Å²) in [5, 5.41) is 10.6. The minimum atomic E-state index is -4.96. The third kappa shape index (κ3) is 73.0. The van der Waals surface area contributed by atoms with E-state index in [4.69, 9.17) is 37.0 Å². The molecule has 3 N–H and O–H groups in total. The number of aliphatic hydroxyl groups excluding tert-OH is 1. The zero-order chi connectivity index (χ0) is 73.5. The van der Waals surface area contributed by atoms with E-state index in [2.05, 4.69) is 41.5 Å². The number of phosphoric ester groups is 2. The van der Waals surface area contributed by atoms with Gasteiger partial charge in [-0.15, -0.1) is 0 Å². The first-order valence-corrected chi connectivity index (χ1v) is 45.0. The van der Waals surface area contributed by atoms with Crippen LogP contribution in [0.15, 0.2) is 0 Å². The molecule has 3 unspecified atom stereocenters. The molecule has 100 heavy (non-hydrogen) atoms. The molecule has 0 rings (SSSR count). The summed E-state index contributed by atoms with van der Waals surface area (Å²) in [6, 6.07) is 0. The fourth-order valence-corrected chi connectivity index (χ4v) is 14.1. The number of rotatable bonds is 80. The molecule has 0 bridgehead atoms. The highest BCUT2D eigenvalue weighted by Crippen LogP contribution is 2.45. The number of carbonyl (C=O) groups excluding carboxylic acids is 4. The second-order valence-corrected chi connectivity index (χ2v) is 32.8. The van der Waals surface area contributed by atoms with Crippen molar-refractivity contribution >= 4 is 39.5 Å². The number of carbonyl (C=O) groups is 4. The van der Waals surface area contributed by atoms with Gasteiger partial charge in [0.05, 0.1) is 26.4 Å². The minimum Gasteiger partial charge on any atom is -0.462 e. The molecular weight excluding hydrogens is 1310 g/mol. The Morgan fingerprint density at radius 1 is 0.290 bits per heavy atom. The summed E-state index contributed by atoms with van der Waals surface area (Å²) in [4.78, 5) is 73.0. The molecule has 0 saturated carbocycles. The predicted molar refractivity (Wildman–Crippen MR) is 409 cm³/mol. The van der Waals surface area contributed by atoms with E-state index >= 15 is 0 Å². The van der Waals surface area contributed by atoms with Crippen molar-refractivity contribution in [1.82, 2.24) is 0 Å². The summed E-state index contributed by atoms with van der Waals surface area (Å²) in [7, 11) is -9.92. The summed E-state index contributed by atoms with van der Waals surface area (Å²) in [6.07, 6.45) is 62.5. The molecule has 0 spiro atoms. The van der Waals surface area contributed by atoms with Crippen LogP contribution in [0.2, 0.25) is 0 Å². The summed E-state index contributed by atoms with van der Waals surface area (Å²) in [6.45, 7) is 9.66. The van der Waals surface area contributed by atoms with Gasteiger partial charge in [-0.25, -0.2) is 9.13 Å². The number of phosphoric acid groups is 2. The van der Waals surface area contributed by atoms with Crippen LogP contribution in [-0.2, 0) is 65.4 Å². The topological polar surface area (TPSA) is 237 Å². The Morgan fingerprint density at radius 2 is 0.510 bits per heavy atom. The van der Waals surface area contributed by atoms with Crippen molar-refractivity contribution in [2.75, 3.05) is 39.6 Å². The van der Waals surface area contributed by atoms with Crippen LogP contribution >= 0.6 is 15.6 Å². The van der Waals surface area contributed by atoms with E-state index in [0.29, 0.717) is 25.7 Å². The van der Waals surface area contributed by atoms with Gasteiger partial charge < -0.3 is 33.8 Å². The molecule has 0 fully saturated rings. The van der Waals surface area contributed by atoms with Gasteiger partial charge in [-0.3, -0.25) is 37.3 Å². The molecule has 594 valence electrons. The lowest BCUT2D eigenvalue weighted by Gasteiger charge is -2.21. The summed E-state index contributed by atoms with van der Waals surface area (Å²) >= 11 is 0. The van der Waals surface area contributed by atoms with E-state index in [9.17, 15) is 43.2 Å². The van der Waals surface area contributed by atoms with E-state index in [1.807, 2.05) is 0 Å². The van der Waals surface area contributed by atoms with Gasteiger partial charge in [-0.2, -0.15) is 0 Å². The van der Waals surface area contributed by atoms with Gasteiger partial charge in [0.2, 0.25) is 0 Å². The number of hydrogen-bond acceptors (Lipinski definition) is 15. The molecule has 0 aromatic heterocycles. The van der Waals surface area contributed by atoms with E-state index in [1.54, 1.807) is 0 Å². The van der Waals surface area contributed by atoms with E-state index < -0.39 is 97.5 Å². The Labute approximate surface area is 613 Å². The van der Waals surface area contributed by atoms with Gasteiger partial charge in [0.1, 0.15) is 19.3 Å². The van der Waals surface area contributed by atoms with Crippen LogP contribution < -0.4 is 0 Å². The molecular formula is C81H158O17P2. The van der Waals surface area contributed by atoms with Crippen LogP contribution in [-0.4, -0.2) is 96.7 Å². The average Bonchev–Trinajstić information content (AvgIpc) is 0.926. The van der Waals surface area contributed by atoms with Gasteiger partial charge in [0, 0.05) is 25.7 Å². The zero-order valence-corrected chi connectivity index (χ0v) is 67.3. The molecule has 0 aromatic rings. The normalized spacial score (nSPS) is 14.2. The number of ether oxygens (including phenoxy) is 4. The summed E-state index contributed by atoms with van der Waals surface area (Å²) in [5.74, 6) is -0.520. The number of hydrogen-bond donors (Lipinski definition) is 3. The van der Waals surface area contributed by atoms with Crippen molar-refractivity contribution in [1.29, 1.82) is 0 Å². The van der Waals surface area contributed by atoms with Crippen LogP contribution in [0.3, 0.4) is 0 Å². The smallest absolute Gasteiger partial charge is 0.462 e. The average molecular weight is 1470 g/mol. The molecule has 0 aliphatic rings. The first kappa shape index (κ1) is 98.1. The molecule has 0 amide bonds. The molecule has 6 atom stereocenters. The third-order valence-corrected chi connectivity index (χ3v) is 21.2. The van der Waals surface area contributed by atoms with E-state index in [0.717, 1.165) is 102 Å². The fourth-order valence-electron chi connectivity index (χ4n) is 12.5. The quantitative estimate of drug-likeness (QED) is 0.0222. The van der Waals surface area contributed by atoms with Gasteiger partial charge >= 0.3 is 39.5 Å². The summed E-state index contributed by atoms with van der Waals surface area (Å²) < 4.78 is 68.7. The highest BCUT2D eigenvalue weighted by molar-refractivity contribution is 7.47. The molecule has 0 radical (unpaired) electrons. The van der Waals surface area contributed by atoms with Crippen molar-refractivity contribution in [2.24, 2.45) is 11.8 Å². The zero-order valence-electron chi connectivity index (χ0n) is 65.5. The lowest BCUT2D eigenvalue weighted by Crippen LogP contribution is -2.30. The Hall–Kier alpha value is -1.94. The Kier molecular flexibility index (Phi) is 71.2. The molecule has 0 saturated heterocycles. The molecule has 0 aromatic carbocycles. The lowest BCUT2D eigenvalue weighted by molar-refractivity contribution is -0.161. The molecule has 19 heteroatoms. The fraction of sp³-hybridized carbons (Fsp3) is 0.951. The van der Waals surface area contributed by atoms with Gasteiger partial charge in [0.15, 0.2) is 12.2 Å². The maximum atomic E-state index is 13.1. The first-order valence-electron chi connectivity index (χ1n) is 42.0. The van der Waals surface area contributed by atoms with Crippen molar-refractivity contribution in [3.63, 3.8) is 0 Å². The largest absolute Gasteiger partial charge is 0.472 e. The maximum absolute atomic E-state index is 13.1. The molecule has 0 aliphatic heterocycles. The van der Waals surface area contributed by atoms with Crippen molar-refractivity contribution in [2.45, 2.75) is 445 Å². The van der Waals surface area contributed by atoms with E-state index in [1.165, 1.54) is 244 Å². The molecule has 0 aliphatic carbocycles. The standard InChI is InChI=1S/C81H158O17P2/c1-7-10-12-14-16-18-20-21-22-28-31-35-39-46-52-58-64-79(84)92-69-76(97-80(85)65-59-53-47-40-36-32-29-26-24-23-25-27-30-34-37-44-50-56-62-74(6)9-3)71-95-99(87,88)93-67-75(82)68-94-100(89,90)96-72-77(98-81(86)66-60-54-48-42-41-43-49-55-61-73(4)5)70-91-78(83)63-57-51-45-38-33-19-17-15-13-11-8-2/h73-77,82H,7-72H2,1-6H3,(H,87,88)(H,89,90)/t74?,75-,76-,77-/m1/s1. The van der Waals surface area contributed by atoms with Crippen LogP contribution in [0.25, 0.3) is 0 Å². The summed E-state index contributed by atoms with van der Waals surface area (Å²) in [5.41, 5.74) is 0. The van der Waals surface area contributed by atoms with Gasteiger partial charge in [0.25, 0.3) is 0 Å². The highest BCUT2D eigenvalue weighted by Gasteiger charge is 2.30. The molecule has 17 nitrogen and oxygen atoms in total. The van der Waals surface area contributed by atoms with Crippen molar-refractivity contribution < 1.29 is 80.2 Å². The van der Waals surface area contributed by atoms with Crippen molar-refractivity contribution in [3.8, 4) is 0 Å². The van der Waals surface area contributed by atoms with Crippen LogP contribution in [0, 0.1) is 11.8 Å². The SMILES string of the molecule is CCCCCCCCCCCCCCCCCCC(=O)OC[C@H](COP(=O)(O)OC[C@@H](O)COP(=O)(O)OC[C@@H](COC(=O)CCCCCCCCCCCCC)OC(=O)CCCCCCCCCCC(C)C)OC(=O)CCCCCCCCCCCCCCCCCCCCC(C)CC. The monoisotopic (exact) mass is 1470 g/mol. The van der Waals surface area contributed by atoms with E-state index in [-0.39, 0.29) is 25.7 Å². The first-order chi connectivity index (χ1) is 48.4. The number of unbranched alkanes of at least 4 members (excludes halogenated alkanes) is 49. The van der Waals surface area contributed by atoms with Crippen molar-refractivity contribution in [3.05, 3.63) is 0 Å². The second kappa shape index (κ2) is 72.6. The Bertz CT molecular complexity index is 1930. The second-order valence-electron chi connectivity index (χ2n) is 29.9. The van der Waals surface area contributed by atoms with Crippen LogP contribution in [0.5, 0.6) is 0 Å². The minimum absolute atomic E-state index is 0.105. The van der Waals surface area contributed by atoms with Crippen LogP contribution in [0.1, 0.15) is 427 Å². The number of aliphatic hydroxyl groups is 1. The van der Waals surface area contributed by atoms with Gasteiger partial charge in [-0.05, 0) is 37.5 Å². The number of esters is 4. The van der Waals surface area contributed by atoms with Crippen LogP contribution in [0.4, 0.5) is 0 Å². The maximum Gasteiger partial charge on any atom is 0.472 e. The Balaban J connectivity index is 5.20. The third-order valence-electron chi connectivity index (χ3n) is 19.3. The predicted octanol–water partition coefficient (Wildman–Crippen LogP) is 24.3. The molecule has 0 heterocycles. The Morgan fingerprint density at radius 3 is 0.760 bits per heavy atom. The van der Waals surface area contributed by atoms with Gasteiger partial charge in [-0.1, -0.05) is 375 Å². The lowest BCUT2D eigenvalue weighted by atomic mass is 9.99.